The molecular weight excluding hydrogens is 272 g/mol. The van der Waals surface area contributed by atoms with E-state index in [1.807, 2.05) is 13.1 Å². The molecule has 5 heteroatoms. The van der Waals surface area contributed by atoms with Crippen LogP contribution >= 0.6 is 11.6 Å². The quantitative estimate of drug-likeness (QED) is 0.877. The molecule has 2 heterocycles. The van der Waals surface area contributed by atoms with Crippen LogP contribution in [0.4, 0.5) is 5.82 Å². The number of aromatic nitrogens is 1. The Morgan fingerprint density at radius 3 is 2.70 bits per heavy atom. The molecule has 0 bridgehead atoms. The van der Waals surface area contributed by atoms with Crippen molar-refractivity contribution >= 4 is 17.4 Å². The molecule has 1 aliphatic heterocycles. The van der Waals surface area contributed by atoms with Gasteiger partial charge >= 0.3 is 0 Å². The number of halogens is 1. The van der Waals surface area contributed by atoms with Crippen molar-refractivity contribution in [2.45, 2.75) is 44.7 Å². The first kappa shape index (κ1) is 15.5. The standard InChI is InChI=1S/C15H25ClN4/c1-4-15(2,20-7-5-6-8-20)13(18-3)12-9-11(16)10-19-14(12)17/h9-10,13,18H,4-8H2,1-3H3,(H2,17,19). The molecule has 0 aliphatic carbocycles. The van der Waals surface area contributed by atoms with Crippen molar-refractivity contribution in [1.29, 1.82) is 0 Å². The van der Waals surface area contributed by atoms with E-state index in [2.05, 4.69) is 29.0 Å². The third kappa shape index (κ3) is 2.78. The number of nitrogens with one attached hydrogen (secondary N) is 1. The molecule has 3 N–H and O–H groups in total. The average Bonchev–Trinajstić information content (AvgIpc) is 2.97. The van der Waals surface area contributed by atoms with E-state index in [0.29, 0.717) is 10.8 Å². The first-order valence-electron chi connectivity index (χ1n) is 7.36. The molecule has 112 valence electrons. The number of hydrogen-bond acceptors (Lipinski definition) is 4. The van der Waals surface area contributed by atoms with E-state index < -0.39 is 0 Å². The van der Waals surface area contributed by atoms with Crippen LogP contribution in [0, 0.1) is 0 Å². The lowest BCUT2D eigenvalue weighted by Crippen LogP contribution is -2.52. The molecule has 0 saturated carbocycles. The fourth-order valence-electron chi connectivity index (χ4n) is 3.34. The van der Waals surface area contributed by atoms with E-state index in [0.717, 1.165) is 25.1 Å². The second-order valence-electron chi connectivity index (χ2n) is 5.75. The van der Waals surface area contributed by atoms with Gasteiger partial charge in [-0.15, -0.1) is 0 Å². The second-order valence-corrected chi connectivity index (χ2v) is 6.19. The average molecular weight is 297 g/mol. The minimum absolute atomic E-state index is 0.0196. The van der Waals surface area contributed by atoms with E-state index in [-0.39, 0.29) is 11.6 Å². The molecule has 1 aromatic heterocycles. The predicted octanol–water partition coefficient (Wildman–Crippen LogP) is 2.84. The monoisotopic (exact) mass is 296 g/mol. The molecule has 0 aromatic carbocycles. The number of nitrogen functional groups attached to an aromatic ring is 1. The Bertz CT molecular complexity index is 459. The summed E-state index contributed by atoms with van der Waals surface area (Å²) in [6, 6.07) is 2.06. The van der Waals surface area contributed by atoms with Crippen LogP contribution in [0.5, 0.6) is 0 Å². The molecule has 1 aromatic rings. The maximum Gasteiger partial charge on any atom is 0.128 e. The van der Waals surface area contributed by atoms with Gasteiger partial charge in [-0.2, -0.15) is 0 Å². The smallest absolute Gasteiger partial charge is 0.128 e. The van der Waals surface area contributed by atoms with Gasteiger partial charge in [-0.3, -0.25) is 4.90 Å². The molecule has 4 nitrogen and oxygen atoms in total. The number of hydrogen-bond donors (Lipinski definition) is 2. The summed E-state index contributed by atoms with van der Waals surface area (Å²) >= 11 is 6.11. The van der Waals surface area contributed by atoms with Gasteiger partial charge in [0.2, 0.25) is 0 Å². The lowest BCUT2D eigenvalue weighted by molar-refractivity contribution is 0.0874. The van der Waals surface area contributed by atoms with E-state index in [1.54, 1.807) is 6.20 Å². The Morgan fingerprint density at radius 2 is 2.15 bits per heavy atom. The van der Waals surface area contributed by atoms with Crippen LogP contribution in [-0.2, 0) is 0 Å². The van der Waals surface area contributed by atoms with Gasteiger partial charge < -0.3 is 11.1 Å². The van der Waals surface area contributed by atoms with E-state index in [4.69, 9.17) is 17.3 Å². The molecular formula is C15H25ClN4. The predicted molar refractivity (Wildman–Crippen MR) is 85.0 cm³/mol. The van der Waals surface area contributed by atoms with Gasteiger partial charge in [-0.25, -0.2) is 4.98 Å². The fourth-order valence-corrected chi connectivity index (χ4v) is 3.50. The van der Waals surface area contributed by atoms with Gasteiger partial charge in [0, 0.05) is 17.3 Å². The highest BCUT2D eigenvalue weighted by atomic mass is 35.5. The van der Waals surface area contributed by atoms with Crippen molar-refractivity contribution in [3.05, 3.63) is 22.8 Å². The minimum atomic E-state index is 0.0196. The molecule has 0 radical (unpaired) electrons. The highest BCUT2D eigenvalue weighted by Gasteiger charge is 2.40. The highest BCUT2D eigenvalue weighted by Crippen LogP contribution is 2.38. The van der Waals surface area contributed by atoms with E-state index in [1.165, 1.54) is 12.8 Å². The fraction of sp³-hybridized carbons (Fsp3) is 0.667. The summed E-state index contributed by atoms with van der Waals surface area (Å²) < 4.78 is 0. The van der Waals surface area contributed by atoms with Crippen molar-refractivity contribution in [2.75, 3.05) is 25.9 Å². The summed E-state index contributed by atoms with van der Waals surface area (Å²) in [6.45, 7) is 6.84. The number of rotatable bonds is 5. The number of anilines is 1. The zero-order valence-corrected chi connectivity index (χ0v) is 13.4. The summed E-state index contributed by atoms with van der Waals surface area (Å²) in [6.07, 6.45) is 5.20. The van der Waals surface area contributed by atoms with Crippen LogP contribution in [0.3, 0.4) is 0 Å². The zero-order chi connectivity index (χ0) is 14.8. The molecule has 1 aliphatic rings. The minimum Gasteiger partial charge on any atom is -0.383 e. The summed E-state index contributed by atoms with van der Waals surface area (Å²) in [5, 5.41) is 4.07. The Kier molecular flexibility index (Phi) is 4.89. The van der Waals surface area contributed by atoms with Gasteiger partial charge in [0.05, 0.1) is 11.1 Å². The normalized spacial score (nSPS) is 20.8. The van der Waals surface area contributed by atoms with Crippen LogP contribution in [0.25, 0.3) is 0 Å². The van der Waals surface area contributed by atoms with Crippen LogP contribution in [0.1, 0.15) is 44.7 Å². The zero-order valence-electron chi connectivity index (χ0n) is 12.6. The summed E-state index contributed by atoms with van der Waals surface area (Å²) in [5.74, 6) is 0.563. The molecule has 1 fully saturated rings. The van der Waals surface area contributed by atoms with Gasteiger partial charge in [-0.1, -0.05) is 18.5 Å². The molecule has 2 atom stereocenters. The summed E-state index contributed by atoms with van der Waals surface area (Å²) in [4.78, 5) is 6.77. The number of likely N-dealkylation sites (tertiary alicyclic amines) is 1. The van der Waals surface area contributed by atoms with Gasteiger partial charge in [0.25, 0.3) is 0 Å². The SMILES string of the molecule is CCC(C)(C(NC)c1cc(Cl)cnc1N)N1CCCC1. The molecule has 1 saturated heterocycles. The van der Waals surface area contributed by atoms with Crippen molar-refractivity contribution in [2.24, 2.45) is 0 Å². The van der Waals surface area contributed by atoms with Crippen LogP contribution in [0.2, 0.25) is 5.02 Å². The maximum atomic E-state index is 6.11. The Labute approximate surface area is 126 Å². The number of likely N-dealkylation sites (N-methyl/N-ethyl adjacent to an activating group) is 1. The van der Waals surface area contributed by atoms with E-state index >= 15 is 0 Å². The van der Waals surface area contributed by atoms with Crippen LogP contribution in [0.15, 0.2) is 12.3 Å². The molecule has 0 amide bonds. The lowest BCUT2D eigenvalue weighted by Gasteiger charge is -2.44. The summed E-state index contributed by atoms with van der Waals surface area (Å²) in [5.41, 5.74) is 7.10. The maximum absolute atomic E-state index is 6.11. The lowest BCUT2D eigenvalue weighted by atomic mass is 9.83. The number of pyridine rings is 1. The van der Waals surface area contributed by atoms with Crippen molar-refractivity contribution in [3.8, 4) is 0 Å². The molecule has 0 spiro atoms. The van der Waals surface area contributed by atoms with E-state index in [9.17, 15) is 0 Å². The van der Waals surface area contributed by atoms with Gasteiger partial charge in [0.1, 0.15) is 5.82 Å². The largest absolute Gasteiger partial charge is 0.383 e. The third-order valence-corrected chi connectivity index (χ3v) is 4.89. The number of nitrogens with two attached hydrogens (primary N) is 1. The highest BCUT2D eigenvalue weighted by molar-refractivity contribution is 6.30. The van der Waals surface area contributed by atoms with Crippen LogP contribution in [-0.4, -0.2) is 35.6 Å². The van der Waals surface area contributed by atoms with Gasteiger partial charge in [0.15, 0.2) is 0 Å². The molecule has 2 unspecified atom stereocenters. The first-order valence-corrected chi connectivity index (χ1v) is 7.74. The van der Waals surface area contributed by atoms with Crippen molar-refractivity contribution in [3.63, 3.8) is 0 Å². The molecule has 2 rings (SSSR count). The topological polar surface area (TPSA) is 54.2 Å². The van der Waals surface area contributed by atoms with Crippen molar-refractivity contribution in [1.82, 2.24) is 15.2 Å². The van der Waals surface area contributed by atoms with Crippen LogP contribution < -0.4 is 11.1 Å². The Balaban J connectivity index is 2.40. The molecule has 20 heavy (non-hydrogen) atoms. The second kappa shape index (κ2) is 6.29. The Hall–Kier alpha value is -0.840. The number of nitrogens with zero attached hydrogens (tertiary/aromatic N) is 2. The Morgan fingerprint density at radius 1 is 1.50 bits per heavy atom. The third-order valence-electron chi connectivity index (χ3n) is 4.68. The van der Waals surface area contributed by atoms with Gasteiger partial charge in [-0.05, 0) is 52.4 Å². The summed E-state index contributed by atoms with van der Waals surface area (Å²) in [7, 11) is 1.98. The first-order chi connectivity index (χ1) is 9.52. The van der Waals surface area contributed by atoms with Crippen molar-refractivity contribution < 1.29 is 0 Å².